The molecule has 0 radical (unpaired) electrons. The Morgan fingerprint density at radius 2 is 2.27 bits per heavy atom. The topological polar surface area (TPSA) is 50.9 Å². The van der Waals surface area contributed by atoms with Crippen LogP contribution in [0.25, 0.3) is 0 Å². The summed E-state index contributed by atoms with van der Waals surface area (Å²) >= 11 is 1.93. The van der Waals surface area contributed by atoms with Crippen LogP contribution in [0.5, 0.6) is 0 Å². The molecular formula is C10H19N3OS. The van der Waals surface area contributed by atoms with Gasteiger partial charge in [-0.05, 0) is 31.8 Å². The van der Waals surface area contributed by atoms with E-state index < -0.39 is 5.60 Å². The van der Waals surface area contributed by atoms with Crippen LogP contribution in [0.2, 0.25) is 0 Å². The van der Waals surface area contributed by atoms with Crippen LogP contribution in [0, 0.1) is 0 Å². The molecule has 0 fully saturated rings. The van der Waals surface area contributed by atoms with Gasteiger partial charge in [0.15, 0.2) is 0 Å². The Kier molecular flexibility index (Phi) is 4.60. The highest BCUT2D eigenvalue weighted by atomic mass is 32.2. The molecule has 1 aromatic rings. The van der Waals surface area contributed by atoms with E-state index in [-0.39, 0.29) is 0 Å². The molecule has 0 saturated carbocycles. The van der Waals surface area contributed by atoms with Crippen LogP contribution in [-0.4, -0.2) is 31.6 Å². The van der Waals surface area contributed by atoms with Gasteiger partial charge in [0.25, 0.3) is 0 Å². The first-order chi connectivity index (χ1) is 7.04. The summed E-state index contributed by atoms with van der Waals surface area (Å²) in [6.07, 6.45) is 2.91. The molecule has 0 aliphatic rings. The van der Waals surface area contributed by atoms with Gasteiger partial charge in [0, 0.05) is 6.54 Å². The highest BCUT2D eigenvalue weighted by Gasteiger charge is 2.19. The molecule has 5 heteroatoms. The highest BCUT2D eigenvalue weighted by molar-refractivity contribution is 7.99. The number of aromatic nitrogens is 3. The third-order valence-electron chi connectivity index (χ3n) is 2.05. The fourth-order valence-corrected chi connectivity index (χ4v) is 1.78. The Hall–Kier alpha value is -0.550. The van der Waals surface area contributed by atoms with Crippen molar-refractivity contribution < 1.29 is 5.11 Å². The van der Waals surface area contributed by atoms with Crippen LogP contribution in [0.4, 0.5) is 0 Å². The SMILES string of the molecule is CCSCCCn1cc(C(C)(C)O)nn1. The van der Waals surface area contributed by atoms with Gasteiger partial charge >= 0.3 is 0 Å². The zero-order chi connectivity index (χ0) is 11.3. The van der Waals surface area contributed by atoms with Crippen LogP contribution < -0.4 is 0 Å². The Balaban J connectivity index is 2.40. The first-order valence-corrected chi connectivity index (χ1v) is 6.40. The van der Waals surface area contributed by atoms with Gasteiger partial charge < -0.3 is 5.11 Å². The van der Waals surface area contributed by atoms with Gasteiger partial charge in [-0.3, -0.25) is 4.68 Å². The number of hydrogen-bond acceptors (Lipinski definition) is 4. The molecule has 0 aromatic carbocycles. The second-order valence-electron chi connectivity index (χ2n) is 3.98. The predicted molar refractivity (Wildman–Crippen MR) is 62.9 cm³/mol. The zero-order valence-electron chi connectivity index (χ0n) is 9.60. The second kappa shape index (κ2) is 5.51. The minimum absolute atomic E-state index is 0.630. The average molecular weight is 229 g/mol. The first kappa shape index (κ1) is 12.5. The van der Waals surface area contributed by atoms with Crippen molar-refractivity contribution in [3.63, 3.8) is 0 Å². The predicted octanol–water partition coefficient (Wildman–Crippen LogP) is 1.65. The van der Waals surface area contributed by atoms with Gasteiger partial charge in [0.2, 0.25) is 0 Å². The minimum Gasteiger partial charge on any atom is -0.384 e. The molecule has 15 heavy (non-hydrogen) atoms. The molecular weight excluding hydrogens is 210 g/mol. The number of rotatable bonds is 6. The Morgan fingerprint density at radius 3 is 2.80 bits per heavy atom. The van der Waals surface area contributed by atoms with Crippen LogP contribution in [-0.2, 0) is 12.1 Å². The second-order valence-corrected chi connectivity index (χ2v) is 5.37. The lowest BCUT2D eigenvalue weighted by molar-refractivity contribution is 0.0737. The van der Waals surface area contributed by atoms with Crippen molar-refractivity contribution in [3.05, 3.63) is 11.9 Å². The zero-order valence-corrected chi connectivity index (χ0v) is 10.4. The molecule has 4 nitrogen and oxygen atoms in total. The van der Waals surface area contributed by atoms with Gasteiger partial charge in [-0.2, -0.15) is 11.8 Å². The quantitative estimate of drug-likeness (QED) is 0.754. The molecule has 0 unspecified atom stereocenters. The van der Waals surface area contributed by atoms with E-state index in [4.69, 9.17) is 0 Å². The van der Waals surface area contributed by atoms with E-state index in [0.717, 1.165) is 24.5 Å². The molecule has 0 aliphatic carbocycles. The fourth-order valence-electron chi connectivity index (χ4n) is 1.16. The van der Waals surface area contributed by atoms with Gasteiger partial charge in [0.1, 0.15) is 11.3 Å². The lowest BCUT2D eigenvalue weighted by Gasteiger charge is -2.11. The van der Waals surface area contributed by atoms with Crippen molar-refractivity contribution in [1.82, 2.24) is 15.0 Å². The molecule has 0 atom stereocenters. The largest absolute Gasteiger partial charge is 0.384 e. The van der Waals surface area contributed by atoms with E-state index in [1.807, 2.05) is 18.0 Å². The summed E-state index contributed by atoms with van der Waals surface area (Å²) < 4.78 is 1.80. The summed E-state index contributed by atoms with van der Waals surface area (Å²) in [5.41, 5.74) is -0.262. The smallest absolute Gasteiger partial charge is 0.114 e. The van der Waals surface area contributed by atoms with E-state index in [2.05, 4.69) is 17.2 Å². The molecule has 1 rings (SSSR count). The Labute approximate surface area is 95.1 Å². The van der Waals surface area contributed by atoms with Crippen LogP contribution in [0.15, 0.2) is 6.20 Å². The van der Waals surface area contributed by atoms with E-state index >= 15 is 0 Å². The molecule has 1 aromatic heterocycles. The minimum atomic E-state index is -0.892. The maximum atomic E-state index is 9.69. The summed E-state index contributed by atoms with van der Waals surface area (Å²) in [4.78, 5) is 0. The van der Waals surface area contributed by atoms with Gasteiger partial charge in [0.05, 0.1) is 6.20 Å². The average Bonchev–Trinajstić information content (AvgIpc) is 2.60. The van der Waals surface area contributed by atoms with Crippen molar-refractivity contribution in [1.29, 1.82) is 0 Å². The van der Waals surface area contributed by atoms with Gasteiger partial charge in [-0.15, -0.1) is 5.10 Å². The summed E-state index contributed by atoms with van der Waals surface area (Å²) in [7, 11) is 0. The van der Waals surface area contributed by atoms with Crippen molar-refractivity contribution in [2.45, 2.75) is 39.3 Å². The van der Waals surface area contributed by atoms with E-state index in [9.17, 15) is 5.11 Å². The first-order valence-electron chi connectivity index (χ1n) is 5.24. The maximum absolute atomic E-state index is 9.69. The summed E-state index contributed by atoms with van der Waals surface area (Å²) in [6.45, 7) is 6.46. The number of thioether (sulfide) groups is 1. The lowest BCUT2D eigenvalue weighted by Crippen LogP contribution is -2.15. The standard InChI is InChI=1S/C10H19N3OS/c1-4-15-7-5-6-13-8-9(11-12-13)10(2,3)14/h8,14H,4-7H2,1-3H3. The van der Waals surface area contributed by atoms with Crippen molar-refractivity contribution in [2.24, 2.45) is 0 Å². The highest BCUT2D eigenvalue weighted by Crippen LogP contribution is 2.15. The molecule has 0 aliphatic heterocycles. The third kappa shape index (κ3) is 4.22. The normalized spacial score (nSPS) is 12.0. The number of hydrogen-bond donors (Lipinski definition) is 1. The number of aryl methyl sites for hydroxylation is 1. The van der Waals surface area contributed by atoms with E-state index in [1.54, 1.807) is 18.5 Å². The number of nitrogens with zero attached hydrogens (tertiary/aromatic N) is 3. The fraction of sp³-hybridized carbons (Fsp3) is 0.800. The monoisotopic (exact) mass is 229 g/mol. The van der Waals surface area contributed by atoms with Crippen molar-refractivity contribution in [3.8, 4) is 0 Å². The maximum Gasteiger partial charge on any atom is 0.114 e. The molecule has 86 valence electrons. The third-order valence-corrected chi connectivity index (χ3v) is 3.03. The Bertz CT molecular complexity index is 293. The summed E-state index contributed by atoms with van der Waals surface area (Å²) in [5.74, 6) is 2.31. The Morgan fingerprint density at radius 1 is 1.53 bits per heavy atom. The molecule has 0 bridgehead atoms. The lowest BCUT2D eigenvalue weighted by atomic mass is 10.1. The number of aliphatic hydroxyl groups is 1. The van der Waals surface area contributed by atoms with Crippen molar-refractivity contribution in [2.75, 3.05) is 11.5 Å². The van der Waals surface area contributed by atoms with Crippen molar-refractivity contribution >= 4 is 11.8 Å². The van der Waals surface area contributed by atoms with E-state index in [1.165, 1.54) is 0 Å². The molecule has 0 amide bonds. The summed E-state index contributed by atoms with van der Waals surface area (Å²) in [5, 5.41) is 17.6. The molecule has 0 saturated heterocycles. The van der Waals surface area contributed by atoms with Crippen LogP contribution in [0.3, 0.4) is 0 Å². The van der Waals surface area contributed by atoms with Gasteiger partial charge in [-0.1, -0.05) is 12.1 Å². The molecule has 1 heterocycles. The molecule has 0 spiro atoms. The summed E-state index contributed by atoms with van der Waals surface area (Å²) in [6, 6.07) is 0. The van der Waals surface area contributed by atoms with E-state index in [0.29, 0.717) is 5.69 Å². The molecule has 1 N–H and O–H groups in total. The van der Waals surface area contributed by atoms with Crippen LogP contribution in [0.1, 0.15) is 32.9 Å². The van der Waals surface area contributed by atoms with Crippen LogP contribution >= 0.6 is 11.8 Å². The van der Waals surface area contributed by atoms with Gasteiger partial charge in [-0.25, -0.2) is 0 Å².